The highest BCUT2D eigenvalue weighted by Crippen LogP contribution is 2.07. The van der Waals surface area contributed by atoms with Gasteiger partial charge < -0.3 is 36.9 Å². The topological polar surface area (TPSA) is 217 Å². The van der Waals surface area contributed by atoms with E-state index in [0.717, 1.165) is 0 Å². The second-order valence-corrected chi connectivity index (χ2v) is 7.02. The fourth-order valence-electron chi connectivity index (χ4n) is 2.55. The molecule has 3 amide bonds. The zero-order valence-electron chi connectivity index (χ0n) is 17.3. The fourth-order valence-corrected chi connectivity index (χ4v) is 2.55. The number of aromatic amines is 1. The van der Waals surface area contributed by atoms with Gasteiger partial charge in [-0.05, 0) is 5.92 Å². The number of carboxylic acids is 2. The summed E-state index contributed by atoms with van der Waals surface area (Å²) in [7, 11) is 0. The van der Waals surface area contributed by atoms with Gasteiger partial charge in [0.25, 0.3) is 0 Å². The summed E-state index contributed by atoms with van der Waals surface area (Å²) in [4.78, 5) is 65.8. The molecule has 172 valence electrons. The van der Waals surface area contributed by atoms with Gasteiger partial charge in [0.15, 0.2) is 0 Å². The maximum atomic E-state index is 12.8. The maximum Gasteiger partial charge on any atom is 0.322 e. The second-order valence-electron chi connectivity index (χ2n) is 7.02. The van der Waals surface area contributed by atoms with Crippen LogP contribution in [0.3, 0.4) is 0 Å². The molecule has 0 radical (unpaired) electrons. The lowest BCUT2D eigenvalue weighted by Crippen LogP contribution is -2.57. The van der Waals surface area contributed by atoms with Gasteiger partial charge in [0.2, 0.25) is 17.7 Å². The third kappa shape index (κ3) is 8.82. The third-order valence-corrected chi connectivity index (χ3v) is 4.60. The lowest BCUT2D eigenvalue weighted by Gasteiger charge is -2.24. The number of carboxylic acid groups (broad SMARTS) is 2. The van der Waals surface area contributed by atoms with Crippen molar-refractivity contribution in [3.63, 3.8) is 0 Å². The van der Waals surface area contributed by atoms with Crippen LogP contribution in [0, 0.1) is 5.92 Å². The van der Waals surface area contributed by atoms with Crippen LogP contribution < -0.4 is 21.7 Å². The average molecular weight is 440 g/mol. The van der Waals surface area contributed by atoms with Crippen molar-refractivity contribution >= 4 is 29.7 Å². The molecule has 0 bridgehead atoms. The van der Waals surface area contributed by atoms with Crippen LogP contribution in [-0.2, 0) is 30.4 Å². The van der Waals surface area contributed by atoms with Crippen LogP contribution >= 0.6 is 0 Å². The number of nitrogens with two attached hydrogens (primary N) is 1. The number of H-pyrrole nitrogens is 1. The summed E-state index contributed by atoms with van der Waals surface area (Å²) in [6, 6.07) is -3.61. The van der Waals surface area contributed by atoms with Crippen molar-refractivity contribution in [1.29, 1.82) is 0 Å². The summed E-state index contributed by atoms with van der Waals surface area (Å²) >= 11 is 0. The van der Waals surface area contributed by atoms with Crippen molar-refractivity contribution in [1.82, 2.24) is 25.9 Å². The van der Waals surface area contributed by atoms with Gasteiger partial charge in [0, 0.05) is 18.3 Å². The Hall–Kier alpha value is -3.48. The minimum absolute atomic E-state index is 0.0265. The Labute approximate surface area is 178 Å². The lowest BCUT2D eigenvalue weighted by molar-refractivity contribution is -0.141. The molecule has 0 fully saturated rings. The molecule has 1 aromatic rings. The van der Waals surface area contributed by atoms with Crippen LogP contribution in [0.1, 0.15) is 32.4 Å². The van der Waals surface area contributed by atoms with Gasteiger partial charge in [-0.25, -0.2) is 4.98 Å². The third-order valence-electron chi connectivity index (χ3n) is 4.60. The number of aromatic nitrogens is 2. The van der Waals surface area contributed by atoms with Gasteiger partial charge >= 0.3 is 11.9 Å². The Morgan fingerprint density at radius 3 is 2.23 bits per heavy atom. The lowest BCUT2D eigenvalue weighted by atomic mass is 9.98. The predicted octanol–water partition coefficient (Wildman–Crippen LogP) is -2.03. The molecule has 8 N–H and O–H groups in total. The normalized spacial score (nSPS) is 14.5. The van der Waals surface area contributed by atoms with Crippen molar-refractivity contribution in [2.75, 3.05) is 6.54 Å². The molecule has 4 atom stereocenters. The van der Waals surface area contributed by atoms with Gasteiger partial charge in [-0.3, -0.25) is 24.0 Å². The van der Waals surface area contributed by atoms with Crippen LogP contribution in [-0.4, -0.2) is 74.5 Å². The van der Waals surface area contributed by atoms with Crippen LogP contribution in [0.15, 0.2) is 12.5 Å². The minimum Gasteiger partial charge on any atom is -0.481 e. The van der Waals surface area contributed by atoms with Crippen LogP contribution in [0.5, 0.6) is 0 Å². The number of carbonyl (C=O) groups excluding carboxylic acids is 3. The van der Waals surface area contributed by atoms with Crippen molar-refractivity contribution in [3.8, 4) is 0 Å². The van der Waals surface area contributed by atoms with E-state index in [1.165, 1.54) is 12.5 Å². The molecular formula is C18H28N6O7. The Bertz CT molecular complexity index is 782. The molecule has 1 heterocycles. The number of amides is 3. The van der Waals surface area contributed by atoms with E-state index < -0.39 is 60.8 Å². The summed E-state index contributed by atoms with van der Waals surface area (Å²) in [5.74, 6) is -5.28. The highest BCUT2D eigenvalue weighted by Gasteiger charge is 2.30. The maximum absolute atomic E-state index is 12.8. The molecule has 0 saturated carbocycles. The second kappa shape index (κ2) is 12.3. The molecule has 0 aliphatic heterocycles. The van der Waals surface area contributed by atoms with Gasteiger partial charge in [0.05, 0.1) is 18.8 Å². The molecule has 0 saturated heterocycles. The molecule has 0 spiro atoms. The van der Waals surface area contributed by atoms with E-state index in [0.29, 0.717) is 12.1 Å². The fraction of sp³-hybridized carbons (Fsp3) is 0.556. The number of carbonyl (C=O) groups is 5. The van der Waals surface area contributed by atoms with E-state index >= 15 is 0 Å². The summed E-state index contributed by atoms with van der Waals surface area (Å²) in [5.41, 5.74) is 6.42. The Balaban J connectivity index is 2.98. The first kappa shape index (κ1) is 25.6. The molecule has 13 heteroatoms. The molecule has 1 aromatic heterocycles. The SMILES string of the molecule is CCC(C)C(N)C(=O)NC(Cc1cnc[nH]1)C(=O)NC(CC(=O)O)C(=O)NCC(=O)O. The molecule has 1 rings (SSSR count). The summed E-state index contributed by atoms with van der Waals surface area (Å²) < 4.78 is 0. The van der Waals surface area contributed by atoms with Gasteiger partial charge in [0.1, 0.15) is 18.6 Å². The first-order valence-corrected chi connectivity index (χ1v) is 9.60. The summed E-state index contributed by atoms with van der Waals surface area (Å²) in [6.45, 7) is 2.89. The van der Waals surface area contributed by atoms with E-state index in [1.807, 2.05) is 12.2 Å². The molecule has 0 aliphatic carbocycles. The average Bonchev–Trinajstić information content (AvgIpc) is 3.22. The van der Waals surface area contributed by atoms with Crippen LogP contribution in [0.25, 0.3) is 0 Å². The zero-order chi connectivity index (χ0) is 23.6. The Morgan fingerprint density at radius 2 is 1.71 bits per heavy atom. The van der Waals surface area contributed by atoms with Gasteiger partial charge in [-0.15, -0.1) is 0 Å². The highest BCUT2D eigenvalue weighted by molar-refractivity contribution is 5.95. The molecule has 4 unspecified atom stereocenters. The van der Waals surface area contributed by atoms with Crippen molar-refractivity contribution in [2.24, 2.45) is 11.7 Å². The number of hydrogen-bond acceptors (Lipinski definition) is 7. The van der Waals surface area contributed by atoms with Gasteiger partial charge in [-0.1, -0.05) is 20.3 Å². The molecule has 0 aliphatic rings. The smallest absolute Gasteiger partial charge is 0.322 e. The largest absolute Gasteiger partial charge is 0.481 e. The Morgan fingerprint density at radius 1 is 1.06 bits per heavy atom. The minimum atomic E-state index is -1.55. The van der Waals surface area contributed by atoms with Crippen molar-refractivity contribution in [2.45, 2.75) is 51.2 Å². The number of imidazole rings is 1. The molecular weight excluding hydrogens is 412 g/mol. The van der Waals surface area contributed by atoms with E-state index in [1.54, 1.807) is 6.92 Å². The van der Waals surface area contributed by atoms with Crippen LogP contribution in [0.2, 0.25) is 0 Å². The van der Waals surface area contributed by atoms with E-state index in [4.69, 9.17) is 15.9 Å². The summed E-state index contributed by atoms with van der Waals surface area (Å²) in [5, 5.41) is 24.5. The summed E-state index contributed by atoms with van der Waals surface area (Å²) in [6.07, 6.45) is 2.64. The number of aliphatic carboxylic acids is 2. The number of nitrogens with one attached hydrogen (secondary N) is 4. The number of rotatable bonds is 13. The highest BCUT2D eigenvalue weighted by atomic mass is 16.4. The standard InChI is InChI=1S/C18H28N6O7/c1-3-9(2)15(19)18(31)24-11(4-10-6-20-8-22-10)17(30)23-12(5-13(25)26)16(29)21-7-14(27)28/h6,8-9,11-12,15H,3-5,7,19H2,1-2H3,(H,20,22)(H,21,29)(H,23,30)(H,24,31)(H,25,26)(H,27,28). The van der Waals surface area contributed by atoms with Crippen molar-refractivity contribution in [3.05, 3.63) is 18.2 Å². The quantitative estimate of drug-likeness (QED) is 0.180. The molecule has 0 aromatic carbocycles. The zero-order valence-corrected chi connectivity index (χ0v) is 17.3. The predicted molar refractivity (Wildman–Crippen MR) is 106 cm³/mol. The van der Waals surface area contributed by atoms with Crippen LogP contribution in [0.4, 0.5) is 0 Å². The molecule has 13 nitrogen and oxygen atoms in total. The first-order valence-electron chi connectivity index (χ1n) is 9.60. The number of hydrogen-bond donors (Lipinski definition) is 7. The van der Waals surface area contributed by atoms with Crippen molar-refractivity contribution < 1.29 is 34.2 Å². The monoisotopic (exact) mass is 440 g/mol. The van der Waals surface area contributed by atoms with E-state index in [9.17, 15) is 24.0 Å². The van der Waals surface area contributed by atoms with Gasteiger partial charge in [-0.2, -0.15) is 0 Å². The molecule has 31 heavy (non-hydrogen) atoms. The Kier molecular flexibility index (Phi) is 10.1. The van der Waals surface area contributed by atoms with E-state index in [2.05, 4.69) is 20.6 Å². The first-order chi connectivity index (χ1) is 14.5. The van der Waals surface area contributed by atoms with E-state index in [-0.39, 0.29) is 12.3 Å². The number of nitrogens with zero attached hydrogens (tertiary/aromatic N) is 1.